The van der Waals surface area contributed by atoms with Crippen molar-refractivity contribution in [2.75, 3.05) is 11.9 Å². The Labute approximate surface area is 273 Å². The first-order valence-corrected chi connectivity index (χ1v) is 15.6. The number of aromatic nitrogens is 4. The summed E-state index contributed by atoms with van der Waals surface area (Å²) in [6.45, 7) is 0.640. The maximum Gasteiger partial charge on any atom is 0.251 e. The summed E-state index contributed by atoms with van der Waals surface area (Å²) in [5, 5.41) is 22.9. The number of carbonyl (C=O) groups excluding carboxylic acids is 3. The summed E-state index contributed by atoms with van der Waals surface area (Å²) in [5.41, 5.74) is 10.8. The van der Waals surface area contributed by atoms with Gasteiger partial charge in [0, 0.05) is 35.2 Å². The molecule has 240 valence electrons. The molecule has 0 unspecified atom stereocenters. The predicted octanol–water partition coefficient (Wildman–Crippen LogP) is 4.28. The number of carbonyl (C=O) groups is 3. The highest BCUT2D eigenvalue weighted by Crippen LogP contribution is 2.29. The van der Waals surface area contributed by atoms with Crippen LogP contribution in [0.2, 0.25) is 0 Å². The van der Waals surface area contributed by atoms with Crippen LogP contribution in [0, 0.1) is 11.8 Å². The number of anilines is 1. The molecule has 2 aliphatic rings. The molecule has 0 spiro atoms. The van der Waals surface area contributed by atoms with Crippen LogP contribution in [0.1, 0.15) is 54.4 Å². The van der Waals surface area contributed by atoms with Crippen molar-refractivity contribution >= 4 is 35.8 Å². The highest BCUT2D eigenvalue weighted by Gasteiger charge is 2.29. The molecule has 1 heterocycles. The molecule has 0 bridgehead atoms. The molecule has 0 saturated heterocycles. The molecule has 2 aliphatic carbocycles. The van der Waals surface area contributed by atoms with E-state index in [0.717, 1.165) is 60.8 Å². The molecule has 1 aromatic heterocycles. The van der Waals surface area contributed by atoms with Crippen molar-refractivity contribution in [3.63, 3.8) is 0 Å². The number of nitrogens with one attached hydrogen (secondary N) is 4. The lowest BCUT2D eigenvalue weighted by atomic mass is 9.81. The molecule has 12 heteroatoms. The number of nitrogens with zero attached hydrogens (tertiary/aromatic N) is 3. The van der Waals surface area contributed by atoms with Crippen molar-refractivity contribution in [3.05, 3.63) is 83.9 Å². The van der Waals surface area contributed by atoms with Crippen molar-refractivity contribution in [2.45, 2.75) is 57.0 Å². The zero-order valence-corrected chi connectivity index (χ0v) is 26.3. The van der Waals surface area contributed by atoms with E-state index in [9.17, 15) is 14.4 Å². The Morgan fingerprint density at radius 2 is 1.46 bits per heavy atom. The molecule has 46 heavy (non-hydrogen) atoms. The predicted molar refractivity (Wildman–Crippen MR) is 178 cm³/mol. The molecular formula is C34H39ClN8O3. The largest absolute Gasteiger partial charge is 0.349 e. The van der Waals surface area contributed by atoms with E-state index in [1.807, 2.05) is 60.7 Å². The minimum atomic E-state index is -0.766. The number of amides is 3. The molecule has 6 rings (SSSR count). The topological polar surface area (TPSA) is 168 Å². The summed E-state index contributed by atoms with van der Waals surface area (Å²) >= 11 is 0. The first kappa shape index (κ1) is 32.8. The van der Waals surface area contributed by atoms with E-state index in [1.165, 1.54) is 0 Å². The Bertz CT molecular complexity index is 1600. The van der Waals surface area contributed by atoms with Crippen LogP contribution in [0.15, 0.2) is 72.8 Å². The lowest BCUT2D eigenvalue weighted by Gasteiger charge is -2.28. The summed E-state index contributed by atoms with van der Waals surface area (Å²) in [6.07, 6.45) is 5.82. The quantitative estimate of drug-likeness (QED) is 0.163. The number of aromatic amines is 1. The van der Waals surface area contributed by atoms with E-state index >= 15 is 0 Å². The van der Waals surface area contributed by atoms with Gasteiger partial charge in [0.15, 0.2) is 5.82 Å². The molecule has 2 fully saturated rings. The van der Waals surface area contributed by atoms with E-state index in [4.69, 9.17) is 5.73 Å². The van der Waals surface area contributed by atoms with Crippen LogP contribution in [0.3, 0.4) is 0 Å². The third-order valence-corrected chi connectivity index (χ3v) is 8.74. The summed E-state index contributed by atoms with van der Waals surface area (Å²) < 4.78 is 0. The van der Waals surface area contributed by atoms with Crippen molar-refractivity contribution in [2.24, 2.45) is 17.6 Å². The van der Waals surface area contributed by atoms with Crippen molar-refractivity contribution < 1.29 is 14.4 Å². The Morgan fingerprint density at radius 3 is 2.04 bits per heavy atom. The maximum atomic E-state index is 13.6. The van der Waals surface area contributed by atoms with Crippen LogP contribution in [0.25, 0.3) is 22.5 Å². The van der Waals surface area contributed by atoms with Gasteiger partial charge in [-0.2, -0.15) is 0 Å². The first-order chi connectivity index (χ1) is 21.9. The second-order valence-corrected chi connectivity index (χ2v) is 12.1. The van der Waals surface area contributed by atoms with Gasteiger partial charge in [0.25, 0.3) is 5.91 Å². The molecule has 4 aromatic rings. The third kappa shape index (κ3) is 8.35. The van der Waals surface area contributed by atoms with Crippen LogP contribution in [0.5, 0.6) is 0 Å². The molecule has 2 saturated carbocycles. The number of nitrogens with two attached hydrogens (primary N) is 1. The van der Waals surface area contributed by atoms with Gasteiger partial charge in [-0.25, -0.2) is 5.10 Å². The van der Waals surface area contributed by atoms with Gasteiger partial charge in [-0.05, 0) is 115 Å². The number of tetrazole rings is 1. The lowest BCUT2D eigenvalue weighted by Crippen LogP contribution is -2.48. The molecule has 0 radical (unpaired) electrons. The van der Waals surface area contributed by atoms with E-state index in [0.29, 0.717) is 42.0 Å². The normalized spacial score (nSPS) is 18.1. The van der Waals surface area contributed by atoms with Gasteiger partial charge in [-0.1, -0.05) is 36.4 Å². The number of hydrogen-bond acceptors (Lipinski definition) is 7. The Morgan fingerprint density at radius 1 is 0.826 bits per heavy atom. The fourth-order valence-electron chi connectivity index (χ4n) is 5.76. The van der Waals surface area contributed by atoms with Crippen LogP contribution >= 0.6 is 12.4 Å². The van der Waals surface area contributed by atoms with Crippen molar-refractivity contribution in [3.8, 4) is 22.5 Å². The first-order valence-electron chi connectivity index (χ1n) is 15.6. The number of benzene rings is 3. The number of H-pyrrole nitrogens is 1. The fraction of sp³-hybridized carbons (Fsp3) is 0.353. The number of halogens is 1. The second-order valence-electron chi connectivity index (χ2n) is 12.1. The average Bonchev–Trinajstić information content (AvgIpc) is 3.72. The van der Waals surface area contributed by atoms with Gasteiger partial charge >= 0.3 is 0 Å². The van der Waals surface area contributed by atoms with Crippen LogP contribution < -0.4 is 21.7 Å². The zero-order chi connectivity index (χ0) is 31.2. The SMILES string of the molecule is Cl.NC[C@H]1CC[C@H](C(=O)N[C@@H](Cc2ccc(-c3ccc(C(=O)NC4CC4)cc3)cc2)C(=O)Nc2ccc(-c3nnn[nH]3)cc2)CC1. The van der Waals surface area contributed by atoms with Crippen LogP contribution in [-0.4, -0.2) is 57.0 Å². The van der Waals surface area contributed by atoms with Gasteiger partial charge < -0.3 is 21.7 Å². The summed E-state index contributed by atoms with van der Waals surface area (Å²) in [4.78, 5) is 39.3. The van der Waals surface area contributed by atoms with E-state index in [-0.39, 0.29) is 36.0 Å². The smallest absolute Gasteiger partial charge is 0.251 e. The van der Waals surface area contributed by atoms with Crippen molar-refractivity contribution in [1.29, 1.82) is 0 Å². The maximum absolute atomic E-state index is 13.6. The molecule has 0 aliphatic heterocycles. The highest BCUT2D eigenvalue weighted by molar-refractivity contribution is 5.98. The van der Waals surface area contributed by atoms with E-state index in [2.05, 4.69) is 36.6 Å². The molecule has 3 amide bonds. The number of hydrogen-bond donors (Lipinski definition) is 5. The summed E-state index contributed by atoms with van der Waals surface area (Å²) in [6, 6.07) is 22.2. The Balaban J connectivity index is 0.00000417. The summed E-state index contributed by atoms with van der Waals surface area (Å²) in [5.74, 6) is 0.425. The van der Waals surface area contributed by atoms with E-state index < -0.39 is 6.04 Å². The number of rotatable bonds is 11. The Hall–Kier alpha value is -4.61. The van der Waals surface area contributed by atoms with Crippen LogP contribution in [-0.2, 0) is 16.0 Å². The Kier molecular flexibility index (Phi) is 10.8. The monoisotopic (exact) mass is 642 g/mol. The standard InChI is InChI=1S/C34H38N8O3.ClH/c35-20-22-3-7-26(8-4-22)33(44)38-30(34(45)37-28-15-13-25(14-16-28)31-39-41-42-40-31)19-21-1-5-23(6-2-21)24-9-11-27(12-10-24)32(43)36-29-17-18-29;/h1-2,5-6,9-16,22,26,29-30H,3-4,7-8,17-20,35H2,(H,36,43)(H,37,45)(H,38,44)(H,39,40,41,42);1H/t22-,26-,30-;/m0./s1. The minimum absolute atomic E-state index is 0. The molecule has 3 aromatic carbocycles. The second kappa shape index (κ2) is 15.1. The third-order valence-electron chi connectivity index (χ3n) is 8.74. The van der Waals surface area contributed by atoms with Gasteiger partial charge in [-0.3, -0.25) is 14.4 Å². The molecular weight excluding hydrogens is 604 g/mol. The van der Waals surface area contributed by atoms with Crippen LogP contribution in [0.4, 0.5) is 5.69 Å². The average molecular weight is 643 g/mol. The van der Waals surface area contributed by atoms with Crippen molar-refractivity contribution in [1.82, 2.24) is 31.3 Å². The summed E-state index contributed by atoms with van der Waals surface area (Å²) in [7, 11) is 0. The minimum Gasteiger partial charge on any atom is -0.349 e. The molecule has 11 nitrogen and oxygen atoms in total. The molecule has 6 N–H and O–H groups in total. The zero-order valence-electron chi connectivity index (χ0n) is 25.4. The van der Waals surface area contributed by atoms with Gasteiger partial charge in [0.05, 0.1) is 0 Å². The van der Waals surface area contributed by atoms with Gasteiger partial charge in [-0.15, -0.1) is 17.5 Å². The molecule has 1 atom stereocenters. The lowest BCUT2D eigenvalue weighted by molar-refractivity contribution is -0.130. The fourth-order valence-corrected chi connectivity index (χ4v) is 5.76. The van der Waals surface area contributed by atoms with E-state index in [1.54, 1.807) is 12.1 Å². The van der Waals surface area contributed by atoms with Gasteiger partial charge in [0.2, 0.25) is 11.8 Å². The highest BCUT2D eigenvalue weighted by atomic mass is 35.5. The van der Waals surface area contributed by atoms with Gasteiger partial charge in [0.1, 0.15) is 6.04 Å².